The number of piperidine rings is 1. The van der Waals surface area contributed by atoms with Crippen molar-refractivity contribution in [2.75, 3.05) is 25.0 Å². The van der Waals surface area contributed by atoms with E-state index in [1.165, 1.54) is 0 Å². The normalized spacial score (nSPS) is 15.8. The van der Waals surface area contributed by atoms with Crippen LogP contribution in [0.3, 0.4) is 0 Å². The summed E-state index contributed by atoms with van der Waals surface area (Å²) in [5, 5.41) is 6.21. The number of nitrogens with one attached hydrogen (secondary N) is 2. The smallest absolute Gasteiger partial charge is 0.227 e. The minimum Gasteiger partial charge on any atom is -0.490 e. The number of benzene rings is 1. The van der Waals surface area contributed by atoms with Gasteiger partial charge in [-0.3, -0.25) is 4.79 Å². The van der Waals surface area contributed by atoms with Crippen molar-refractivity contribution in [1.29, 1.82) is 0 Å². The molecule has 0 radical (unpaired) electrons. The summed E-state index contributed by atoms with van der Waals surface area (Å²) in [6, 6.07) is 7.41. The molecule has 1 aliphatic heterocycles. The molecular weight excluding hydrogens is 240 g/mol. The maximum absolute atomic E-state index is 12.0. The number of hydrogen-bond donors (Lipinski definition) is 2. The largest absolute Gasteiger partial charge is 0.490 e. The van der Waals surface area contributed by atoms with Crippen LogP contribution in [0.25, 0.3) is 0 Å². The zero-order valence-corrected chi connectivity index (χ0v) is 11.0. The molecule has 1 saturated heterocycles. The fourth-order valence-electron chi connectivity index (χ4n) is 2.12. The number of carbonyl (C=O) groups excluding carboxylic acids is 1. The molecule has 0 aromatic heterocycles. The minimum absolute atomic E-state index is 0.112. The molecule has 4 heteroatoms. The Bertz CT molecular complexity index is 422. The van der Waals surface area contributed by atoms with Gasteiger partial charge in [0.1, 0.15) is 12.4 Å². The highest BCUT2D eigenvalue weighted by molar-refractivity contribution is 5.92. The van der Waals surface area contributed by atoms with Gasteiger partial charge in [-0.05, 0) is 50.2 Å². The van der Waals surface area contributed by atoms with Crippen molar-refractivity contribution < 1.29 is 9.53 Å². The van der Waals surface area contributed by atoms with Crippen LogP contribution in [0.4, 0.5) is 5.69 Å². The Morgan fingerprint density at radius 3 is 2.68 bits per heavy atom. The molecule has 1 amide bonds. The van der Waals surface area contributed by atoms with Gasteiger partial charge >= 0.3 is 0 Å². The third-order valence-corrected chi connectivity index (χ3v) is 3.20. The second-order valence-electron chi connectivity index (χ2n) is 4.64. The Hall–Kier alpha value is -1.81. The highest BCUT2D eigenvalue weighted by Crippen LogP contribution is 2.18. The molecule has 1 aromatic carbocycles. The Balaban J connectivity index is 1.87. The van der Waals surface area contributed by atoms with Gasteiger partial charge in [-0.2, -0.15) is 0 Å². The second-order valence-corrected chi connectivity index (χ2v) is 4.64. The minimum atomic E-state index is 0.112. The van der Waals surface area contributed by atoms with E-state index in [-0.39, 0.29) is 11.8 Å². The molecule has 1 aliphatic rings. The third-order valence-electron chi connectivity index (χ3n) is 3.20. The van der Waals surface area contributed by atoms with Gasteiger partial charge in [-0.15, -0.1) is 0 Å². The van der Waals surface area contributed by atoms with Crippen molar-refractivity contribution in [2.24, 2.45) is 5.92 Å². The van der Waals surface area contributed by atoms with Crippen molar-refractivity contribution in [3.63, 3.8) is 0 Å². The lowest BCUT2D eigenvalue weighted by molar-refractivity contribution is -0.120. The molecule has 0 unspecified atom stereocenters. The Morgan fingerprint density at radius 2 is 2.05 bits per heavy atom. The van der Waals surface area contributed by atoms with E-state index in [4.69, 9.17) is 4.74 Å². The molecule has 0 bridgehead atoms. The van der Waals surface area contributed by atoms with Crippen molar-refractivity contribution >= 4 is 11.6 Å². The first-order valence-corrected chi connectivity index (χ1v) is 6.65. The highest BCUT2D eigenvalue weighted by atomic mass is 16.5. The number of anilines is 1. The van der Waals surface area contributed by atoms with Crippen LogP contribution in [0.5, 0.6) is 5.75 Å². The molecule has 0 saturated carbocycles. The van der Waals surface area contributed by atoms with Crippen LogP contribution in [0, 0.1) is 5.92 Å². The lowest BCUT2D eigenvalue weighted by Gasteiger charge is -2.21. The quantitative estimate of drug-likeness (QED) is 0.798. The van der Waals surface area contributed by atoms with Gasteiger partial charge < -0.3 is 15.4 Å². The standard InChI is InChI=1S/C15H20N2O2/c1-2-11-19-14-5-3-13(4-6-14)17-15(18)12-7-9-16-10-8-12/h2-6,12,16H,1,7-11H2,(H,17,18). The molecule has 0 spiro atoms. The molecule has 1 fully saturated rings. The molecule has 2 rings (SSSR count). The van der Waals surface area contributed by atoms with Crippen LogP contribution in [0.2, 0.25) is 0 Å². The second kappa shape index (κ2) is 6.95. The van der Waals surface area contributed by atoms with Gasteiger partial charge in [0.25, 0.3) is 0 Å². The third kappa shape index (κ3) is 4.10. The summed E-state index contributed by atoms with van der Waals surface area (Å²) in [5.41, 5.74) is 0.814. The fraction of sp³-hybridized carbons (Fsp3) is 0.400. The van der Waals surface area contributed by atoms with E-state index < -0.39 is 0 Å². The molecule has 2 N–H and O–H groups in total. The first kappa shape index (κ1) is 13.6. The summed E-state index contributed by atoms with van der Waals surface area (Å²) in [4.78, 5) is 12.0. The summed E-state index contributed by atoms with van der Waals surface area (Å²) in [6.07, 6.45) is 3.52. The van der Waals surface area contributed by atoms with Gasteiger partial charge in [-0.1, -0.05) is 12.7 Å². The summed E-state index contributed by atoms with van der Waals surface area (Å²) in [5.74, 6) is 1.01. The van der Waals surface area contributed by atoms with Crippen LogP contribution in [0.15, 0.2) is 36.9 Å². The van der Waals surface area contributed by atoms with Gasteiger partial charge in [0.05, 0.1) is 0 Å². The predicted octanol–water partition coefficient (Wildman–Crippen LogP) is 2.19. The number of rotatable bonds is 5. The maximum Gasteiger partial charge on any atom is 0.227 e. The van der Waals surface area contributed by atoms with E-state index in [1.807, 2.05) is 24.3 Å². The molecule has 4 nitrogen and oxygen atoms in total. The monoisotopic (exact) mass is 260 g/mol. The van der Waals surface area contributed by atoms with E-state index in [0.29, 0.717) is 6.61 Å². The van der Waals surface area contributed by atoms with Crippen molar-refractivity contribution in [3.8, 4) is 5.75 Å². The van der Waals surface area contributed by atoms with E-state index in [0.717, 1.165) is 37.4 Å². The van der Waals surface area contributed by atoms with Crippen molar-refractivity contribution in [1.82, 2.24) is 5.32 Å². The molecular formula is C15H20N2O2. The Morgan fingerprint density at radius 1 is 1.37 bits per heavy atom. The van der Waals surface area contributed by atoms with Crippen LogP contribution in [-0.4, -0.2) is 25.6 Å². The molecule has 0 atom stereocenters. The lowest BCUT2D eigenvalue weighted by Crippen LogP contribution is -2.34. The summed E-state index contributed by atoms with van der Waals surface area (Å²) >= 11 is 0. The summed E-state index contributed by atoms with van der Waals surface area (Å²) < 4.78 is 5.39. The van der Waals surface area contributed by atoms with E-state index in [2.05, 4.69) is 17.2 Å². The van der Waals surface area contributed by atoms with Gasteiger partial charge in [0, 0.05) is 11.6 Å². The lowest BCUT2D eigenvalue weighted by atomic mass is 9.97. The number of hydrogen-bond acceptors (Lipinski definition) is 3. The predicted molar refractivity (Wildman–Crippen MR) is 76.4 cm³/mol. The average molecular weight is 260 g/mol. The van der Waals surface area contributed by atoms with Crippen molar-refractivity contribution in [3.05, 3.63) is 36.9 Å². The summed E-state index contributed by atoms with van der Waals surface area (Å²) in [7, 11) is 0. The fourth-order valence-corrected chi connectivity index (χ4v) is 2.12. The topological polar surface area (TPSA) is 50.4 Å². The van der Waals surface area contributed by atoms with E-state index in [9.17, 15) is 4.79 Å². The molecule has 102 valence electrons. The van der Waals surface area contributed by atoms with Crippen LogP contribution in [-0.2, 0) is 4.79 Å². The first-order chi connectivity index (χ1) is 9.29. The highest BCUT2D eigenvalue weighted by Gasteiger charge is 2.20. The van der Waals surface area contributed by atoms with Gasteiger partial charge in [-0.25, -0.2) is 0 Å². The Kier molecular flexibility index (Phi) is 4.98. The number of amides is 1. The van der Waals surface area contributed by atoms with Gasteiger partial charge in [0.15, 0.2) is 0 Å². The maximum atomic E-state index is 12.0. The molecule has 0 aliphatic carbocycles. The molecule has 1 heterocycles. The van der Waals surface area contributed by atoms with Crippen LogP contribution >= 0.6 is 0 Å². The zero-order valence-electron chi connectivity index (χ0n) is 11.0. The van der Waals surface area contributed by atoms with Crippen molar-refractivity contribution in [2.45, 2.75) is 12.8 Å². The SMILES string of the molecule is C=CCOc1ccc(NC(=O)C2CCNCC2)cc1. The molecule has 19 heavy (non-hydrogen) atoms. The van der Waals surface area contributed by atoms with E-state index in [1.54, 1.807) is 6.08 Å². The average Bonchev–Trinajstić information content (AvgIpc) is 2.47. The summed E-state index contributed by atoms with van der Waals surface area (Å²) in [6.45, 7) is 5.93. The Labute approximate surface area is 113 Å². The molecule has 1 aromatic rings. The zero-order chi connectivity index (χ0) is 13.5. The van der Waals surface area contributed by atoms with Crippen LogP contribution in [0.1, 0.15) is 12.8 Å². The number of ether oxygens (including phenoxy) is 1. The number of carbonyl (C=O) groups is 1. The van der Waals surface area contributed by atoms with E-state index >= 15 is 0 Å². The van der Waals surface area contributed by atoms with Gasteiger partial charge in [0.2, 0.25) is 5.91 Å². The first-order valence-electron chi connectivity index (χ1n) is 6.65. The van der Waals surface area contributed by atoms with Crippen LogP contribution < -0.4 is 15.4 Å².